The van der Waals surface area contributed by atoms with Gasteiger partial charge in [-0.3, -0.25) is 0 Å². The van der Waals surface area contributed by atoms with Crippen molar-refractivity contribution in [3.63, 3.8) is 0 Å². The van der Waals surface area contributed by atoms with Gasteiger partial charge in [0, 0.05) is 23.4 Å². The lowest BCUT2D eigenvalue weighted by atomic mass is 10.1. The monoisotopic (exact) mass is 253 g/mol. The van der Waals surface area contributed by atoms with Crippen LogP contribution < -0.4 is 10.5 Å². The van der Waals surface area contributed by atoms with Crippen LogP contribution in [0, 0.1) is 11.3 Å². The molecule has 0 amide bonds. The minimum absolute atomic E-state index is 0.0967. The Hall–Kier alpha value is -2.38. The molecule has 1 atom stereocenters. The van der Waals surface area contributed by atoms with Gasteiger partial charge in [0.25, 0.3) is 0 Å². The molecule has 0 radical (unpaired) electrons. The van der Waals surface area contributed by atoms with Crippen LogP contribution in [0.5, 0.6) is 5.75 Å². The Morgan fingerprint density at radius 2 is 2.11 bits per heavy atom. The summed E-state index contributed by atoms with van der Waals surface area (Å²) in [6, 6.07) is 13.2. The lowest BCUT2D eigenvalue weighted by molar-refractivity contribution is 0.300. The molecule has 19 heavy (non-hydrogen) atoms. The molecule has 0 aliphatic heterocycles. The summed E-state index contributed by atoms with van der Waals surface area (Å²) in [5, 5.41) is 8.97. The normalized spacial score (nSPS) is 11.6. The van der Waals surface area contributed by atoms with E-state index in [2.05, 4.69) is 11.1 Å². The van der Waals surface area contributed by atoms with E-state index in [0.29, 0.717) is 12.3 Å². The van der Waals surface area contributed by atoms with E-state index in [9.17, 15) is 0 Å². The summed E-state index contributed by atoms with van der Waals surface area (Å²) < 4.78 is 5.76. The van der Waals surface area contributed by atoms with Gasteiger partial charge >= 0.3 is 0 Å². The highest BCUT2D eigenvalue weighted by atomic mass is 16.5. The molecule has 1 unspecified atom stereocenters. The van der Waals surface area contributed by atoms with Crippen molar-refractivity contribution >= 4 is 0 Å². The first kappa shape index (κ1) is 13.1. The number of hydrogen-bond acceptors (Lipinski definition) is 4. The Kier molecular flexibility index (Phi) is 4.11. The quantitative estimate of drug-likeness (QED) is 0.908. The van der Waals surface area contributed by atoms with Gasteiger partial charge < -0.3 is 10.5 Å². The van der Waals surface area contributed by atoms with E-state index in [-0.39, 0.29) is 6.04 Å². The van der Waals surface area contributed by atoms with Crippen LogP contribution in [0.1, 0.15) is 29.8 Å². The summed E-state index contributed by atoms with van der Waals surface area (Å²) in [4.78, 5) is 4.00. The first-order chi connectivity index (χ1) is 9.22. The number of hydrogen-bond donors (Lipinski definition) is 1. The van der Waals surface area contributed by atoms with Crippen molar-refractivity contribution in [1.82, 2.24) is 4.98 Å². The van der Waals surface area contributed by atoms with E-state index in [1.807, 2.05) is 37.3 Å². The number of nitrogens with zero attached hydrogens (tertiary/aromatic N) is 2. The molecule has 2 N–H and O–H groups in total. The predicted molar refractivity (Wildman–Crippen MR) is 72.3 cm³/mol. The Labute approximate surface area is 112 Å². The summed E-state index contributed by atoms with van der Waals surface area (Å²) in [7, 11) is 0. The molecular formula is C15H15N3O. The highest BCUT2D eigenvalue weighted by Crippen LogP contribution is 2.24. The topological polar surface area (TPSA) is 71.9 Å². The van der Waals surface area contributed by atoms with Crippen molar-refractivity contribution in [2.24, 2.45) is 5.73 Å². The first-order valence-corrected chi connectivity index (χ1v) is 6.03. The van der Waals surface area contributed by atoms with E-state index in [4.69, 9.17) is 15.7 Å². The third-order valence-corrected chi connectivity index (χ3v) is 2.79. The molecule has 0 spiro atoms. The zero-order chi connectivity index (χ0) is 13.7. The van der Waals surface area contributed by atoms with Gasteiger partial charge in [0.2, 0.25) is 0 Å². The van der Waals surface area contributed by atoms with E-state index >= 15 is 0 Å². The standard InChI is InChI=1S/C15H15N3O/c1-11(17)13-6-2-3-7-15(13)19-10-12-5-4-8-18-14(12)9-16/h2-8,11H,10,17H2,1H3. The van der Waals surface area contributed by atoms with E-state index in [0.717, 1.165) is 16.9 Å². The van der Waals surface area contributed by atoms with Gasteiger partial charge in [-0.05, 0) is 19.1 Å². The van der Waals surface area contributed by atoms with Crippen molar-refractivity contribution in [2.45, 2.75) is 19.6 Å². The van der Waals surface area contributed by atoms with Crippen molar-refractivity contribution in [1.29, 1.82) is 5.26 Å². The summed E-state index contributed by atoms with van der Waals surface area (Å²) in [6.07, 6.45) is 1.60. The Morgan fingerprint density at radius 3 is 2.84 bits per heavy atom. The fraction of sp³-hybridized carbons (Fsp3) is 0.200. The zero-order valence-electron chi connectivity index (χ0n) is 10.7. The number of ether oxygens (including phenoxy) is 1. The number of benzene rings is 1. The maximum absolute atomic E-state index is 8.97. The van der Waals surface area contributed by atoms with Gasteiger partial charge in [0.15, 0.2) is 0 Å². The van der Waals surface area contributed by atoms with Gasteiger partial charge in [0.1, 0.15) is 24.1 Å². The molecule has 4 nitrogen and oxygen atoms in total. The molecule has 0 bridgehead atoms. The molecule has 0 saturated heterocycles. The minimum Gasteiger partial charge on any atom is -0.488 e. The van der Waals surface area contributed by atoms with E-state index in [1.165, 1.54) is 0 Å². The van der Waals surface area contributed by atoms with Gasteiger partial charge in [-0.2, -0.15) is 5.26 Å². The van der Waals surface area contributed by atoms with Crippen LogP contribution in [-0.4, -0.2) is 4.98 Å². The van der Waals surface area contributed by atoms with Crippen molar-refractivity contribution in [2.75, 3.05) is 0 Å². The number of aromatic nitrogens is 1. The van der Waals surface area contributed by atoms with Crippen LogP contribution >= 0.6 is 0 Å². The SMILES string of the molecule is CC(N)c1ccccc1OCc1cccnc1C#N. The maximum Gasteiger partial charge on any atom is 0.147 e. The molecule has 96 valence electrons. The lowest BCUT2D eigenvalue weighted by Crippen LogP contribution is -2.08. The molecule has 1 aromatic heterocycles. The smallest absolute Gasteiger partial charge is 0.147 e. The lowest BCUT2D eigenvalue weighted by Gasteiger charge is -2.14. The molecule has 0 aliphatic rings. The van der Waals surface area contributed by atoms with Crippen LogP contribution in [0.2, 0.25) is 0 Å². The number of nitriles is 1. The van der Waals surface area contributed by atoms with Gasteiger partial charge in [-0.1, -0.05) is 24.3 Å². The largest absolute Gasteiger partial charge is 0.488 e. The van der Waals surface area contributed by atoms with Gasteiger partial charge in [0.05, 0.1) is 0 Å². The second-order valence-electron chi connectivity index (χ2n) is 4.24. The molecule has 2 aromatic rings. The second kappa shape index (κ2) is 5.98. The highest BCUT2D eigenvalue weighted by molar-refractivity contribution is 5.36. The number of rotatable bonds is 4. The predicted octanol–water partition coefficient (Wildman–Crippen LogP) is 2.55. The number of para-hydroxylation sites is 1. The molecular weight excluding hydrogens is 238 g/mol. The Morgan fingerprint density at radius 1 is 1.32 bits per heavy atom. The van der Waals surface area contributed by atoms with E-state index in [1.54, 1.807) is 12.3 Å². The molecule has 0 aliphatic carbocycles. The molecule has 4 heteroatoms. The number of pyridine rings is 1. The zero-order valence-corrected chi connectivity index (χ0v) is 10.7. The van der Waals surface area contributed by atoms with Crippen LogP contribution in [0.3, 0.4) is 0 Å². The van der Waals surface area contributed by atoms with Crippen LogP contribution in [-0.2, 0) is 6.61 Å². The van der Waals surface area contributed by atoms with Crippen molar-refractivity contribution in [3.8, 4) is 11.8 Å². The highest BCUT2D eigenvalue weighted by Gasteiger charge is 2.08. The fourth-order valence-electron chi connectivity index (χ4n) is 1.80. The van der Waals surface area contributed by atoms with Crippen molar-refractivity contribution < 1.29 is 4.74 Å². The van der Waals surface area contributed by atoms with E-state index < -0.39 is 0 Å². The van der Waals surface area contributed by atoms with Crippen molar-refractivity contribution in [3.05, 3.63) is 59.4 Å². The summed E-state index contributed by atoms with van der Waals surface area (Å²) in [6.45, 7) is 2.22. The van der Waals surface area contributed by atoms with Crippen LogP contribution in [0.15, 0.2) is 42.6 Å². The molecule has 1 aromatic carbocycles. The number of nitrogens with two attached hydrogens (primary N) is 1. The summed E-state index contributed by atoms with van der Waals surface area (Å²) in [5.74, 6) is 0.741. The summed E-state index contributed by atoms with van der Waals surface area (Å²) >= 11 is 0. The molecule has 0 saturated carbocycles. The van der Waals surface area contributed by atoms with Crippen LogP contribution in [0.25, 0.3) is 0 Å². The summed E-state index contributed by atoms with van der Waals surface area (Å²) in [5.41, 5.74) is 8.00. The molecule has 0 fully saturated rings. The fourth-order valence-corrected chi connectivity index (χ4v) is 1.80. The maximum atomic E-state index is 8.97. The second-order valence-corrected chi connectivity index (χ2v) is 4.24. The average molecular weight is 253 g/mol. The van der Waals surface area contributed by atoms with Crippen LogP contribution in [0.4, 0.5) is 0 Å². The third kappa shape index (κ3) is 3.09. The minimum atomic E-state index is -0.0967. The third-order valence-electron chi connectivity index (χ3n) is 2.79. The molecule has 1 heterocycles. The van der Waals surface area contributed by atoms with Gasteiger partial charge in [-0.25, -0.2) is 4.98 Å². The Bertz CT molecular complexity index is 602. The first-order valence-electron chi connectivity index (χ1n) is 6.03. The Balaban J connectivity index is 2.18. The average Bonchev–Trinajstić information content (AvgIpc) is 2.45. The molecule has 2 rings (SSSR count). The van der Waals surface area contributed by atoms with Gasteiger partial charge in [-0.15, -0.1) is 0 Å².